The number of ketones is 1. The van der Waals surface area contributed by atoms with Crippen molar-refractivity contribution in [2.24, 2.45) is 0 Å². The van der Waals surface area contributed by atoms with Crippen molar-refractivity contribution < 1.29 is 14.0 Å². The third kappa shape index (κ3) is 5.88. The normalized spacial score (nSPS) is 11.0. The Bertz CT molecular complexity index is 1670. The fourth-order valence-corrected chi connectivity index (χ4v) is 5.00. The molecule has 7 nitrogen and oxygen atoms in total. The summed E-state index contributed by atoms with van der Waals surface area (Å²) in [6.07, 6.45) is 1.54. The number of furan rings is 1. The second kappa shape index (κ2) is 11.5. The van der Waals surface area contributed by atoms with Crippen LogP contribution in [0.5, 0.6) is 0 Å². The number of carbonyl (C=O) groups excluding carboxylic acids is 2. The minimum atomic E-state index is -0.316. The first-order valence-corrected chi connectivity index (χ1v) is 13.1. The number of carbonyl (C=O) groups is 2. The van der Waals surface area contributed by atoms with Crippen molar-refractivity contribution in [3.05, 3.63) is 129 Å². The molecule has 0 fully saturated rings. The van der Waals surface area contributed by atoms with E-state index in [0.717, 1.165) is 5.56 Å². The zero-order valence-corrected chi connectivity index (χ0v) is 21.7. The molecule has 190 valence electrons. The Balaban J connectivity index is 1.47. The molecule has 5 aromatic rings. The first-order chi connectivity index (χ1) is 18.5. The van der Waals surface area contributed by atoms with E-state index in [1.54, 1.807) is 59.2 Å². The van der Waals surface area contributed by atoms with Gasteiger partial charge in [0, 0.05) is 16.1 Å². The van der Waals surface area contributed by atoms with Crippen LogP contribution in [0.15, 0.2) is 106 Å². The molecule has 0 aliphatic heterocycles. The van der Waals surface area contributed by atoms with Gasteiger partial charge in [0.1, 0.15) is 5.76 Å². The molecule has 0 aliphatic rings. The third-order valence-electron chi connectivity index (χ3n) is 5.85. The predicted molar refractivity (Wildman–Crippen MR) is 148 cm³/mol. The lowest BCUT2D eigenvalue weighted by Gasteiger charge is -2.14. The van der Waals surface area contributed by atoms with Crippen LogP contribution in [0.25, 0.3) is 10.9 Å². The van der Waals surface area contributed by atoms with Gasteiger partial charge in [-0.15, -0.1) is 0 Å². The molecule has 0 radical (unpaired) electrons. The Kier molecular flexibility index (Phi) is 7.72. The van der Waals surface area contributed by atoms with Crippen LogP contribution in [0.4, 0.5) is 0 Å². The lowest BCUT2D eigenvalue weighted by Crippen LogP contribution is -2.25. The third-order valence-corrected chi connectivity index (χ3v) is 7.06. The Hall–Kier alpha value is -4.14. The molecule has 0 atom stereocenters. The van der Waals surface area contributed by atoms with Crippen LogP contribution in [-0.2, 0) is 13.1 Å². The Morgan fingerprint density at radius 2 is 1.79 bits per heavy atom. The second-order valence-corrected chi connectivity index (χ2v) is 9.87. The van der Waals surface area contributed by atoms with E-state index >= 15 is 0 Å². The average Bonchev–Trinajstić information content (AvgIpc) is 3.46. The summed E-state index contributed by atoms with van der Waals surface area (Å²) in [5, 5.41) is 4.04. The van der Waals surface area contributed by atoms with Crippen LogP contribution >= 0.6 is 23.4 Å². The number of Topliss-reactive ketones (excluding diaryl/α,β-unsaturated/α-hetero) is 1. The fourth-order valence-electron chi connectivity index (χ4n) is 3.92. The molecule has 0 saturated carbocycles. The van der Waals surface area contributed by atoms with Gasteiger partial charge >= 0.3 is 0 Å². The van der Waals surface area contributed by atoms with Crippen molar-refractivity contribution in [3.63, 3.8) is 0 Å². The number of nitrogens with one attached hydrogen (secondary N) is 1. The van der Waals surface area contributed by atoms with Gasteiger partial charge in [-0.3, -0.25) is 19.0 Å². The molecule has 2 aromatic heterocycles. The molecule has 0 aliphatic carbocycles. The van der Waals surface area contributed by atoms with E-state index in [1.165, 1.54) is 18.0 Å². The van der Waals surface area contributed by atoms with E-state index in [4.69, 9.17) is 21.0 Å². The zero-order chi connectivity index (χ0) is 26.5. The number of hydrogen-bond donors (Lipinski definition) is 1. The zero-order valence-electron chi connectivity index (χ0n) is 20.1. The number of amides is 1. The summed E-state index contributed by atoms with van der Waals surface area (Å²) in [5.74, 6) is 0.244. The van der Waals surface area contributed by atoms with E-state index in [2.05, 4.69) is 5.32 Å². The van der Waals surface area contributed by atoms with Gasteiger partial charge in [0.2, 0.25) is 0 Å². The highest BCUT2D eigenvalue weighted by Gasteiger charge is 2.17. The molecule has 5 rings (SSSR count). The monoisotopic (exact) mass is 543 g/mol. The second-order valence-electron chi connectivity index (χ2n) is 8.49. The number of halogens is 1. The first-order valence-electron chi connectivity index (χ1n) is 11.8. The smallest absolute Gasteiger partial charge is 0.262 e. The number of fused-ring (bicyclic) bond motifs is 1. The molecule has 0 spiro atoms. The molecule has 1 amide bonds. The van der Waals surface area contributed by atoms with Crippen LogP contribution in [0, 0.1) is 0 Å². The van der Waals surface area contributed by atoms with Gasteiger partial charge < -0.3 is 9.73 Å². The summed E-state index contributed by atoms with van der Waals surface area (Å²) in [7, 11) is 0. The summed E-state index contributed by atoms with van der Waals surface area (Å²) in [6, 6.07) is 24.6. The summed E-state index contributed by atoms with van der Waals surface area (Å²) in [4.78, 5) is 43.9. The number of rotatable bonds is 9. The van der Waals surface area contributed by atoms with Crippen molar-refractivity contribution in [1.29, 1.82) is 0 Å². The van der Waals surface area contributed by atoms with Crippen LogP contribution in [0.2, 0.25) is 5.02 Å². The van der Waals surface area contributed by atoms with Crippen LogP contribution < -0.4 is 10.9 Å². The maximum absolute atomic E-state index is 13.6. The topological polar surface area (TPSA) is 94.2 Å². The molecule has 9 heteroatoms. The molecule has 0 bridgehead atoms. The molecule has 0 saturated heterocycles. The van der Waals surface area contributed by atoms with E-state index in [1.807, 2.05) is 30.3 Å². The van der Waals surface area contributed by atoms with Gasteiger partial charge in [-0.25, -0.2) is 4.98 Å². The maximum Gasteiger partial charge on any atom is 0.262 e. The van der Waals surface area contributed by atoms with Crippen molar-refractivity contribution in [1.82, 2.24) is 14.9 Å². The number of aromatic nitrogens is 2. The quantitative estimate of drug-likeness (QED) is 0.148. The van der Waals surface area contributed by atoms with Crippen LogP contribution in [0.3, 0.4) is 0 Å². The summed E-state index contributed by atoms with van der Waals surface area (Å²) < 4.78 is 6.82. The number of hydrogen-bond acceptors (Lipinski definition) is 6. The van der Waals surface area contributed by atoms with E-state index < -0.39 is 0 Å². The van der Waals surface area contributed by atoms with E-state index in [9.17, 15) is 14.4 Å². The van der Waals surface area contributed by atoms with Gasteiger partial charge in [0.15, 0.2) is 10.9 Å². The summed E-state index contributed by atoms with van der Waals surface area (Å²) in [5.41, 5.74) is 1.90. The van der Waals surface area contributed by atoms with Crippen molar-refractivity contribution >= 4 is 46.0 Å². The molecule has 1 N–H and O–H groups in total. The van der Waals surface area contributed by atoms with Gasteiger partial charge in [-0.05, 0) is 48.0 Å². The molecule has 2 heterocycles. The first kappa shape index (κ1) is 25.5. The number of thioether (sulfide) groups is 1. The fraction of sp³-hybridized carbons (Fsp3) is 0.103. The largest absolute Gasteiger partial charge is 0.467 e. The summed E-state index contributed by atoms with van der Waals surface area (Å²) in [6.45, 7) is 0.532. The Morgan fingerprint density at radius 1 is 0.947 bits per heavy atom. The van der Waals surface area contributed by atoms with E-state index in [-0.39, 0.29) is 29.5 Å². The van der Waals surface area contributed by atoms with Crippen molar-refractivity contribution in [2.45, 2.75) is 18.2 Å². The van der Waals surface area contributed by atoms with Crippen molar-refractivity contribution in [2.75, 3.05) is 5.75 Å². The predicted octanol–water partition coefficient (Wildman–Crippen LogP) is 5.60. The van der Waals surface area contributed by atoms with Crippen LogP contribution in [-0.4, -0.2) is 27.0 Å². The van der Waals surface area contributed by atoms with Gasteiger partial charge in [-0.2, -0.15) is 0 Å². The highest BCUT2D eigenvalue weighted by atomic mass is 35.5. The highest BCUT2D eigenvalue weighted by Crippen LogP contribution is 2.22. The SMILES string of the molecule is O=C(CSc1nc2cc(C(=O)NCc3ccco3)ccc2c(=O)n1Cc1ccccc1)c1cccc(Cl)c1. The maximum atomic E-state index is 13.6. The molecular weight excluding hydrogens is 522 g/mol. The molecular formula is C29H22ClN3O4S. The summed E-state index contributed by atoms with van der Waals surface area (Å²) >= 11 is 7.22. The molecule has 38 heavy (non-hydrogen) atoms. The minimum Gasteiger partial charge on any atom is -0.467 e. The average molecular weight is 544 g/mol. The number of nitrogens with zero attached hydrogens (tertiary/aromatic N) is 2. The van der Waals surface area contributed by atoms with Gasteiger partial charge in [0.05, 0.1) is 36.0 Å². The van der Waals surface area contributed by atoms with E-state index in [0.29, 0.717) is 44.5 Å². The Morgan fingerprint density at radius 3 is 2.55 bits per heavy atom. The Labute approximate surface area is 227 Å². The molecule has 0 unspecified atom stereocenters. The van der Waals surface area contributed by atoms with Gasteiger partial charge in [-0.1, -0.05) is 65.8 Å². The standard InChI is InChI=1S/C29H22ClN3O4S/c30-22-9-4-8-20(14-22)26(34)18-38-29-32-25-15-21(27(35)31-16-23-10-5-13-37-23)11-12-24(25)28(36)33(29)17-19-6-2-1-3-7-19/h1-15H,16-18H2,(H,31,35). The lowest BCUT2D eigenvalue weighted by molar-refractivity contribution is 0.0947. The lowest BCUT2D eigenvalue weighted by atomic mass is 10.1. The van der Waals surface area contributed by atoms with Crippen LogP contribution in [0.1, 0.15) is 32.0 Å². The van der Waals surface area contributed by atoms with Gasteiger partial charge in [0.25, 0.3) is 11.5 Å². The number of benzene rings is 3. The highest BCUT2D eigenvalue weighted by molar-refractivity contribution is 7.99. The minimum absolute atomic E-state index is 0.0659. The molecule has 3 aromatic carbocycles. The van der Waals surface area contributed by atoms with Crippen molar-refractivity contribution in [3.8, 4) is 0 Å².